The topological polar surface area (TPSA) is 51.5 Å². The molecular formula is C28H23IN2O3S. The van der Waals surface area contributed by atoms with Gasteiger partial charge in [-0.25, -0.2) is 0 Å². The van der Waals surface area contributed by atoms with Crippen molar-refractivity contribution in [2.45, 2.75) is 13.8 Å². The zero-order valence-electron chi connectivity index (χ0n) is 19.3. The average molecular weight is 594 g/mol. The second-order valence-electron chi connectivity index (χ2n) is 8.30. The molecule has 2 amide bonds. The standard InChI is InChI=1S/C28H23IN2O3S/c1-18-16-21(19(2)31(18)23-12-10-22(29)11-13-23)17-26-27(32)30(28(33)35-26)14-15-34-25-9-5-7-20-6-3-4-8-24(20)25/h3-13,16-17H,14-15H2,1-2H3/b26-17-. The van der Waals surface area contributed by atoms with Crippen molar-refractivity contribution in [1.29, 1.82) is 0 Å². The zero-order chi connectivity index (χ0) is 24.5. The summed E-state index contributed by atoms with van der Waals surface area (Å²) >= 11 is 3.27. The molecule has 0 unspecified atom stereocenters. The van der Waals surface area contributed by atoms with E-state index in [9.17, 15) is 9.59 Å². The fraction of sp³-hybridized carbons (Fsp3) is 0.143. The lowest BCUT2D eigenvalue weighted by atomic mass is 10.1. The molecule has 7 heteroatoms. The number of aromatic nitrogens is 1. The van der Waals surface area contributed by atoms with Crippen LogP contribution in [0.5, 0.6) is 5.75 Å². The van der Waals surface area contributed by atoms with Crippen molar-refractivity contribution in [2.75, 3.05) is 13.2 Å². The maximum Gasteiger partial charge on any atom is 0.293 e. The third-order valence-corrected chi connectivity index (χ3v) is 7.66. The Morgan fingerprint density at radius 2 is 1.71 bits per heavy atom. The molecule has 2 heterocycles. The molecule has 176 valence electrons. The van der Waals surface area contributed by atoms with Crippen molar-refractivity contribution in [3.05, 3.63) is 98.2 Å². The van der Waals surface area contributed by atoms with Gasteiger partial charge in [0.25, 0.3) is 11.1 Å². The van der Waals surface area contributed by atoms with Crippen LogP contribution in [-0.2, 0) is 4.79 Å². The van der Waals surface area contributed by atoms with E-state index < -0.39 is 0 Å². The summed E-state index contributed by atoms with van der Waals surface area (Å²) in [5, 5.41) is 1.82. The van der Waals surface area contributed by atoms with Crippen molar-refractivity contribution in [1.82, 2.24) is 9.47 Å². The number of halogens is 1. The number of carbonyl (C=O) groups is 2. The van der Waals surface area contributed by atoms with E-state index in [1.165, 1.54) is 8.47 Å². The van der Waals surface area contributed by atoms with Crippen molar-refractivity contribution in [3.63, 3.8) is 0 Å². The number of rotatable bonds is 6. The van der Waals surface area contributed by atoms with Gasteiger partial charge in [0.15, 0.2) is 0 Å². The third-order valence-electron chi connectivity index (χ3n) is 6.04. The Hall–Kier alpha value is -3.04. The number of carbonyl (C=O) groups excluding carboxylic acids is 2. The first-order valence-electron chi connectivity index (χ1n) is 11.2. The summed E-state index contributed by atoms with van der Waals surface area (Å²) < 4.78 is 9.28. The van der Waals surface area contributed by atoms with Crippen LogP contribution in [0, 0.1) is 17.4 Å². The van der Waals surface area contributed by atoms with E-state index in [-0.39, 0.29) is 24.3 Å². The van der Waals surface area contributed by atoms with E-state index in [0.717, 1.165) is 50.9 Å². The molecular weight excluding hydrogens is 571 g/mol. The molecule has 35 heavy (non-hydrogen) atoms. The first-order chi connectivity index (χ1) is 16.9. The van der Waals surface area contributed by atoms with Crippen LogP contribution in [0.3, 0.4) is 0 Å². The molecule has 0 N–H and O–H groups in total. The van der Waals surface area contributed by atoms with E-state index in [0.29, 0.717) is 4.91 Å². The first-order valence-corrected chi connectivity index (χ1v) is 13.1. The lowest BCUT2D eigenvalue weighted by Gasteiger charge is -2.14. The van der Waals surface area contributed by atoms with E-state index in [1.807, 2.05) is 68.5 Å². The van der Waals surface area contributed by atoms with Crippen LogP contribution in [0.1, 0.15) is 17.0 Å². The Bertz CT molecular complexity index is 1470. The van der Waals surface area contributed by atoms with Gasteiger partial charge in [-0.3, -0.25) is 14.5 Å². The van der Waals surface area contributed by atoms with Crippen molar-refractivity contribution < 1.29 is 14.3 Å². The van der Waals surface area contributed by atoms with Gasteiger partial charge in [-0.2, -0.15) is 0 Å². The molecule has 0 bridgehead atoms. The van der Waals surface area contributed by atoms with Gasteiger partial charge in [-0.15, -0.1) is 0 Å². The maximum absolute atomic E-state index is 13.0. The fourth-order valence-electron chi connectivity index (χ4n) is 4.32. The summed E-state index contributed by atoms with van der Waals surface area (Å²) in [4.78, 5) is 27.4. The highest BCUT2D eigenvalue weighted by molar-refractivity contribution is 14.1. The Morgan fingerprint density at radius 3 is 2.51 bits per heavy atom. The van der Waals surface area contributed by atoms with Crippen molar-refractivity contribution in [2.24, 2.45) is 0 Å². The summed E-state index contributed by atoms with van der Waals surface area (Å²) in [5.41, 5.74) is 4.09. The summed E-state index contributed by atoms with van der Waals surface area (Å²) in [6, 6.07) is 24.2. The Morgan fingerprint density at radius 1 is 0.971 bits per heavy atom. The number of hydrogen-bond donors (Lipinski definition) is 0. The predicted octanol–water partition coefficient (Wildman–Crippen LogP) is 6.97. The smallest absolute Gasteiger partial charge is 0.293 e. The summed E-state index contributed by atoms with van der Waals surface area (Å²) in [6.45, 7) is 4.51. The Kier molecular flexibility index (Phi) is 6.71. The molecule has 1 aliphatic heterocycles. The molecule has 1 aliphatic rings. The zero-order valence-corrected chi connectivity index (χ0v) is 22.3. The number of imide groups is 1. The summed E-state index contributed by atoms with van der Waals surface area (Å²) in [5.74, 6) is 0.467. The van der Waals surface area contributed by atoms with Gasteiger partial charge in [-0.1, -0.05) is 36.4 Å². The maximum atomic E-state index is 13.0. The number of aryl methyl sites for hydroxylation is 1. The van der Waals surface area contributed by atoms with Crippen LogP contribution in [0.2, 0.25) is 0 Å². The lowest BCUT2D eigenvalue weighted by Crippen LogP contribution is -2.32. The molecule has 1 saturated heterocycles. The van der Waals surface area contributed by atoms with Crippen molar-refractivity contribution in [3.8, 4) is 11.4 Å². The van der Waals surface area contributed by atoms with Crippen LogP contribution in [0.15, 0.2) is 77.7 Å². The molecule has 1 fully saturated rings. The van der Waals surface area contributed by atoms with Gasteiger partial charge in [-0.05, 0) is 102 Å². The average Bonchev–Trinajstić information content (AvgIpc) is 3.28. The van der Waals surface area contributed by atoms with Crippen LogP contribution < -0.4 is 4.74 Å². The molecule has 0 radical (unpaired) electrons. The quantitative estimate of drug-likeness (QED) is 0.179. The van der Waals surface area contributed by atoms with E-state index >= 15 is 0 Å². The molecule has 5 nitrogen and oxygen atoms in total. The van der Waals surface area contributed by atoms with Crippen LogP contribution in [0.4, 0.5) is 4.79 Å². The summed E-state index contributed by atoms with van der Waals surface area (Å²) in [6.07, 6.45) is 1.82. The van der Waals surface area contributed by atoms with Gasteiger partial charge in [0.05, 0.1) is 11.4 Å². The molecule has 5 rings (SSSR count). The second-order valence-corrected chi connectivity index (χ2v) is 10.5. The van der Waals surface area contributed by atoms with Crippen LogP contribution in [0.25, 0.3) is 22.5 Å². The van der Waals surface area contributed by atoms with Crippen molar-refractivity contribution >= 4 is 62.3 Å². The Labute approximate surface area is 221 Å². The fourth-order valence-corrected chi connectivity index (χ4v) is 5.54. The normalized spacial score (nSPS) is 14.9. The van der Waals surface area contributed by atoms with Gasteiger partial charge in [0.2, 0.25) is 0 Å². The number of amides is 2. The van der Waals surface area contributed by atoms with Gasteiger partial charge in [0, 0.05) is 26.0 Å². The predicted molar refractivity (Wildman–Crippen MR) is 150 cm³/mol. The Balaban J connectivity index is 1.31. The molecule has 0 atom stereocenters. The monoisotopic (exact) mass is 594 g/mol. The number of ether oxygens (including phenoxy) is 1. The molecule has 4 aromatic rings. The largest absolute Gasteiger partial charge is 0.491 e. The van der Waals surface area contributed by atoms with Gasteiger partial charge >= 0.3 is 0 Å². The number of hydrogen-bond acceptors (Lipinski definition) is 4. The van der Waals surface area contributed by atoms with Crippen LogP contribution >= 0.6 is 34.4 Å². The molecule has 0 spiro atoms. The highest BCUT2D eigenvalue weighted by Crippen LogP contribution is 2.34. The number of fused-ring (bicyclic) bond motifs is 1. The van der Waals surface area contributed by atoms with Crippen LogP contribution in [-0.4, -0.2) is 33.8 Å². The molecule has 3 aromatic carbocycles. The number of benzene rings is 3. The third kappa shape index (κ3) is 4.75. The minimum absolute atomic E-state index is 0.201. The van der Waals surface area contributed by atoms with Gasteiger partial charge < -0.3 is 9.30 Å². The van der Waals surface area contributed by atoms with Gasteiger partial charge in [0.1, 0.15) is 12.4 Å². The number of thioether (sulfide) groups is 1. The minimum atomic E-state index is -0.277. The molecule has 1 aromatic heterocycles. The SMILES string of the molecule is Cc1cc(/C=C2\SC(=O)N(CCOc3cccc4ccccc34)C2=O)c(C)n1-c1ccc(I)cc1. The highest BCUT2D eigenvalue weighted by atomic mass is 127. The second kappa shape index (κ2) is 9.91. The van der Waals surface area contributed by atoms with E-state index in [1.54, 1.807) is 0 Å². The first kappa shape index (κ1) is 23.7. The highest BCUT2D eigenvalue weighted by Gasteiger charge is 2.35. The molecule has 0 saturated carbocycles. The van der Waals surface area contributed by atoms with E-state index in [4.69, 9.17) is 4.74 Å². The lowest BCUT2D eigenvalue weighted by molar-refractivity contribution is -0.123. The minimum Gasteiger partial charge on any atom is -0.491 e. The summed E-state index contributed by atoms with van der Waals surface area (Å²) in [7, 11) is 0. The number of nitrogens with zero attached hydrogens (tertiary/aromatic N) is 2. The van der Waals surface area contributed by atoms with E-state index in [2.05, 4.69) is 51.4 Å². The molecule has 0 aliphatic carbocycles.